The van der Waals surface area contributed by atoms with Crippen molar-refractivity contribution in [3.8, 4) is 6.07 Å². The van der Waals surface area contributed by atoms with Crippen LogP contribution in [0.3, 0.4) is 0 Å². The number of hydrogen-bond acceptors (Lipinski definition) is 5. The molecule has 1 amide bonds. The normalized spacial score (nSPS) is 10.1. The lowest BCUT2D eigenvalue weighted by molar-refractivity contribution is 0.0710. The van der Waals surface area contributed by atoms with E-state index in [4.69, 9.17) is 22.7 Å². The van der Waals surface area contributed by atoms with Crippen molar-refractivity contribution in [2.24, 2.45) is 5.84 Å². The second-order valence-corrected chi connectivity index (χ2v) is 4.60. The lowest BCUT2D eigenvalue weighted by Crippen LogP contribution is -2.37. The van der Waals surface area contributed by atoms with Crippen LogP contribution >= 0.6 is 11.6 Å². The molecule has 19 heavy (non-hydrogen) atoms. The van der Waals surface area contributed by atoms with Crippen LogP contribution in [-0.2, 0) is 0 Å². The summed E-state index contributed by atoms with van der Waals surface area (Å²) in [5.74, 6) is 5.38. The highest BCUT2D eigenvalue weighted by Crippen LogP contribution is 2.17. The van der Waals surface area contributed by atoms with Gasteiger partial charge in [-0.2, -0.15) is 5.26 Å². The molecule has 0 aliphatic heterocycles. The predicted molar refractivity (Wildman–Crippen MR) is 73.5 cm³/mol. The Kier molecular flexibility index (Phi) is 5.55. The molecule has 0 aliphatic rings. The molecule has 0 radical (unpaired) electrons. The fourth-order valence-corrected chi connectivity index (χ4v) is 1.83. The molecule has 0 fully saturated rings. The van der Waals surface area contributed by atoms with Gasteiger partial charge in [-0.3, -0.25) is 4.79 Å². The van der Waals surface area contributed by atoms with Crippen LogP contribution in [0.2, 0.25) is 5.15 Å². The Labute approximate surface area is 117 Å². The number of carbonyl (C=O) groups is 1. The summed E-state index contributed by atoms with van der Waals surface area (Å²) in [5, 5.41) is 8.81. The smallest absolute Gasteiger partial charge is 0.254 e. The first-order chi connectivity index (χ1) is 8.99. The summed E-state index contributed by atoms with van der Waals surface area (Å²) in [6.07, 6.45) is 0.282. The molecular weight excluding hydrogens is 266 g/mol. The largest absolute Gasteiger partial charge is 0.335 e. The SMILES string of the molecule is CC(C)N(CCC#N)C(=O)c1cc(Cl)nc(NN)c1. The lowest BCUT2D eigenvalue weighted by atomic mass is 10.2. The molecular formula is C12H16ClN5O. The highest BCUT2D eigenvalue weighted by molar-refractivity contribution is 6.29. The minimum absolute atomic E-state index is 0.0120. The third-order valence-electron chi connectivity index (χ3n) is 2.54. The van der Waals surface area contributed by atoms with Gasteiger partial charge in [-0.05, 0) is 26.0 Å². The molecule has 0 atom stereocenters. The third-order valence-corrected chi connectivity index (χ3v) is 2.73. The van der Waals surface area contributed by atoms with Crippen LogP contribution in [0.5, 0.6) is 0 Å². The van der Waals surface area contributed by atoms with Gasteiger partial charge in [0.25, 0.3) is 5.91 Å². The zero-order valence-electron chi connectivity index (χ0n) is 10.9. The highest BCUT2D eigenvalue weighted by atomic mass is 35.5. The van der Waals surface area contributed by atoms with E-state index in [0.29, 0.717) is 17.9 Å². The van der Waals surface area contributed by atoms with Gasteiger partial charge in [-0.25, -0.2) is 10.8 Å². The van der Waals surface area contributed by atoms with Gasteiger partial charge in [-0.15, -0.1) is 0 Å². The molecule has 1 heterocycles. The number of nitrogen functional groups attached to an aromatic ring is 1. The van der Waals surface area contributed by atoms with E-state index >= 15 is 0 Å². The van der Waals surface area contributed by atoms with E-state index in [1.807, 2.05) is 19.9 Å². The van der Waals surface area contributed by atoms with Gasteiger partial charge in [0, 0.05) is 18.2 Å². The van der Waals surface area contributed by atoms with Crippen LogP contribution in [0.25, 0.3) is 0 Å². The minimum Gasteiger partial charge on any atom is -0.335 e. The van der Waals surface area contributed by atoms with Gasteiger partial charge >= 0.3 is 0 Å². The van der Waals surface area contributed by atoms with E-state index in [9.17, 15) is 4.79 Å². The van der Waals surface area contributed by atoms with Gasteiger partial charge in [0.15, 0.2) is 0 Å². The number of halogens is 1. The molecule has 0 aromatic carbocycles. The number of carbonyl (C=O) groups excluding carboxylic acids is 1. The molecule has 1 aromatic rings. The first-order valence-electron chi connectivity index (χ1n) is 5.81. The summed E-state index contributed by atoms with van der Waals surface area (Å²) >= 11 is 5.83. The molecule has 0 spiro atoms. The van der Waals surface area contributed by atoms with Crippen molar-refractivity contribution in [2.75, 3.05) is 12.0 Å². The second-order valence-electron chi connectivity index (χ2n) is 4.21. The average molecular weight is 282 g/mol. The van der Waals surface area contributed by atoms with Crippen LogP contribution in [-0.4, -0.2) is 28.4 Å². The summed E-state index contributed by atoms with van der Waals surface area (Å²) in [7, 11) is 0. The van der Waals surface area contributed by atoms with Crippen LogP contribution in [0, 0.1) is 11.3 Å². The van der Waals surface area contributed by atoms with Gasteiger partial charge < -0.3 is 10.3 Å². The Morgan fingerprint density at radius 2 is 2.32 bits per heavy atom. The van der Waals surface area contributed by atoms with Gasteiger partial charge in [0.2, 0.25) is 0 Å². The van der Waals surface area contributed by atoms with Crippen molar-refractivity contribution in [1.29, 1.82) is 5.26 Å². The van der Waals surface area contributed by atoms with Crippen LogP contribution in [0.4, 0.5) is 5.82 Å². The maximum absolute atomic E-state index is 12.4. The quantitative estimate of drug-likeness (QED) is 0.487. The number of nitriles is 1. The monoisotopic (exact) mass is 281 g/mol. The number of rotatable bonds is 5. The maximum Gasteiger partial charge on any atom is 0.254 e. The summed E-state index contributed by atoms with van der Waals surface area (Å²) in [6, 6.07) is 5.02. The number of pyridine rings is 1. The number of aromatic nitrogens is 1. The van der Waals surface area contributed by atoms with Crippen LogP contribution < -0.4 is 11.3 Å². The molecule has 102 valence electrons. The average Bonchev–Trinajstić information content (AvgIpc) is 2.37. The molecule has 1 rings (SSSR count). The Morgan fingerprint density at radius 1 is 1.63 bits per heavy atom. The van der Waals surface area contributed by atoms with Crippen molar-refractivity contribution in [3.05, 3.63) is 22.8 Å². The number of amides is 1. The first-order valence-corrected chi connectivity index (χ1v) is 6.19. The molecule has 0 aliphatic carbocycles. The zero-order chi connectivity index (χ0) is 14.4. The van der Waals surface area contributed by atoms with E-state index in [1.54, 1.807) is 4.90 Å². The standard InChI is InChI=1S/C12H16ClN5O/c1-8(2)18(5-3-4-14)12(19)9-6-10(13)16-11(7-9)17-15/h6-8H,3,5,15H2,1-2H3,(H,16,17). The number of hydrazine groups is 1. The van der Waals surface area contributed by atoms with Crippen LogP contribution in [0.15, 0.2) is 12.1 Å². The van der Waals surface area contributed by atoms with E-state index < -0.39 is 0 Å². The number of nitrogens with one attached hydrogen (secondary N) is 1. The Morgan fingerprint density at radius 3 is 2.84 bits per heavy atom. The molecule has 0 unspecified atom stereocenters. The Hall–Kier alpha value is -1.84. The predicted octanol–water partition coefficient (Wildman–Crippen LogP) is 1.78. The number of nitrogens with zero attached hydrogens (tertiary/aromatic N) is 3. The fourth-order valence-electron chi connectivity index (χ4n) is 1.62. The van der Waals surface area contributed by atoms with Crippen LogP contribution in [0.1, 0.15) is 30.6 Å². The zero-order valence-corrected chi connectivity index (χ0v) is 11.6. The number of nitrogens with two attached hydrogens (primary N) is 1. The molecule has 0 bridgehead atoms. The summed E-state index contributed by atoms with van der Waals surface area (Å²) < 4.78 is 0. The summed E-state index contributed by atoms with van der Waals surface area (Å²) in [4.78, 5) is 17.9. The first kappa shape index (κ1) is 15.2. The number of hydrogen-bond donors (Lipinski definition) is 2. The van der Waals surface area contributed by atoms with Crippen molar-refractivity contribution in [3.63, 3.8) is 0 Å². The van der Waals surface area contributed by atoms with Crippen molar-refractivity contribution < 1.29 is 4.79 Å². The van der Waals surface area contributed by atoms with Crippen molar-refractivity contribution in [1.82, 2.24) is 9.88 Å². The Balaban J connectivity index is 3.02. The third kappa shape index (κ3) is 4.09. The topological polar surface area (TPSA) is 95.0 Å². The van der Waals surface area contributed by atoms with Gasteiger partial charge in [-0.1, -0.05) is 11.6 Å². The van der Waals surface area contributed by atoms with Gasteiger partial charge in [0.1, 0.15) is 11.0 Å². The number of anilines is 1. The van der Waals surface area contributed by atoms with E-state index in [1.165, 1.54) is 12.1 Å². The minimum atomic E-state index is -0.203. The molecule has 7 heteroatoms. The molecule has 6 nitrogen and oxygen atoms in total. The van der Waals surface area contributed by atoms with Crippen molar-refractivity contribution in [2.45, 2.75) is 26.3 Å². The molecule has 0 saturated heterocycles. The van der Waals surface area contributed by atoms with E-state index in [0.717, 1.165) is 0 Å². The van der Waals surface area contributed by atoms with E-state index in [-0.39, 0.29) is 23.5 Å². The second kappa shape index (κ2) is 6.92. The Bertz CT molecular complexity index is 497. The van der Waals surface area contributed by atoms with Crippen molar-refractivity contribution >= 4 is 23.3 Å². The summed E-state index contributed by atoms with van der Waals surface area (Å²) in [5.41, 5.74) is 2.74. The fraction of sp³-hybridized carbons (Fsp3) is 0.417. The molecule has 3 N–H and O–H groups in total. The molecule has 0 saturated carbocycles. The maximum atomic E-state index is 12.4. The van der Waals surface area contributed by atoms with E-state index in [2.05, 4.69) is 10.4 Å². The highest BCUT2D eigenvalue weighted by Gasteiger charge is 2.19. The lowest BCUT2D eigenvalue weighted by Gasteiger charge is -2.26. The molecule has 1 aromatic heterocycles. The van der Waals surface area contributed by atoms with Gasteiger partial charge in [0.05, 0.1) is 12.5 Å². The summed E-state index contributed by atoms with van der Waals surface area (Å²) in [6.45, 7) is 4.15.